The molecule has 1 spiro atoms. The van der Waals surface area contributed by atoms with Gasteiger partial charge in [0.25, 0.3) is 0 Å². The highest BCUT2D eigenvalue weighted by Crippen LogP contribution is 2.39. The Morgan fingerprint density at radius 3 is 2.64 bits per heavy atom. The van der Waals surface area contributed by atoms with Crippen molar-refractivity contribution in [3.05, 3.63) is 66.1 Å². The number of hydrogen-bond donors (Lipinski definition) is 1. The smallest absolute Gasteiger partial charge is 0.220 e. The van der Waals surface area contributed by atoms with Gasteiger partial charge in [-0.15, -0.1) is 0 Å². The number of nitrogens with zero attached hydrogens (tertiary/aromatic N) is 6. The second kappa shape index (κ2) is 8.81. The van der Waals surface area contributed by atoms with E-state index in [4.69, 9.17) is 4.52 Å². The van der Waals surface area contributed by atoms with Crippen molar-refractivity contribution in [3.8, 4) is 22.9 Å². The highest BCUT2D eigenvalue weighted by Gasteiger charge is 2.41. The lowest BCUT2D eigenvalue weighted by Gasteiger charge is -2.38. The lowest BCUT2D eigenvalue weighted by Crippen LogP contribution is -2.42. The highest BCUT2D eigenvalue weighted by atomic mass is 19.1. The zero-order chi connectivity index (χ0) is 24.7. The molecule has 3 aromatic heterocycles. The number of rotatable bonds is 5. The quantitative estimate of drug-likeness (QED) is 0.456. The summed E-state index contributed by atoms with van der Waals surface area (Å²) in [5.41, 5.74) is 1.92. The van der Waals surface area contributed by atoms with Crippen molar-refractivity contribution in [1.82, 2.24) is 30.2 Å². The Bertz CT molecular complexity index is 1410. The monoisotopic (exact) mass is 491 g/mol. The first-order chi connectivity index (χ1) is 17.5. The normalized spacial score (nSPS) is 17.1. The van der Waals surface area contributed by atoms with Gasteiger partial charge in [-0.2, -0.15) is 5.10 Å². The number of hydrogen-bond acceptors (Lipinski definition) is 7. The molecule has 1 amide bonds. The fourth-order valence-corrected chi connectivity index (χ4v) is 4.99. The first kappa shape index (κ1) is 22.3. The molecule has 0 atom stereocenters. The zero-order valence-electron chi connectivity index (χ0n) is 19.3. The van der Waals surface area contributed by atoms with E-state index in [2.05, 4.69) is 25.5 Å². The second-order valence-electron chi connectivity index (χ2n) is 9.35. The fraction of sp³-hybridized carbons (Fsp3) is 0.320. The van der Waals surface area contributed by atoms with Crippen LogP contribution in [0, 0.1) is 17.0 Å². The van der Waals surface area contributed by atoms with Crippen molar-refractivity contribution in [1.29, 1.82) is 0 Å². The zero-order valence-corrected chi connectivity index (χ0v) is 19.3. The molecule has 9 nitrogen and oxygen atoms in total. The molecule has 0 radical (unpaired) electrons. The van der Waals surface area contributed by atoms with Gasteiger partial charge in [0.15, 0.2) is 17.5 Å². The predicted octanol–water partition coefficient (Wildman–Crippen LogP) is 3.43. The number of anilines is 1. The molecule has 2 aliphatic rings. The summed E-state index contributed by atoms with van der Waals surface area (Å²) >= 11 is 0. The van der Waals surface area contributed by atoms with Gasteiger partial charge in [0.1, 0.15) is 23.5 Å². The maximum Gasteiger partial charge on any atom is 0.220 e. The largest absolute Gasteiger partial charge is 0.364 e. The Morgan fingerprint density at radius 2 is 1.92 bits per heavy atom. The molecule has 184 valence electrons. The van der Waals surface area contributed by atoms with Crippen LogP contribution in [0.4, 0.5) is 14.6 Å². The molecule has 2 fully saturated rings. The van der Waals surface area contributed by atoms with Crippen LogP contribution in [0.3, 0.4) is 0 Å². The van der Waals surface area contributed by atoms with E-state index in [9.17, 15) is 13.6 Å². The van der Waals surface area contributed by atoms with E-state index >= 15 is 0 Å². The first-order valence-electron chi connectivity index (χ1n) is 11.8. The van der Waals surface area contributed by atoms with Gasteiger partial charge in [-0.1, -0.05) is 23.4 Å². The third-order valence-corrected chi connectivity index (χ3v) is 7.03. The number of halogens is 2. The molecular formula is C25H23F2N7O2. The van der Waals surface area contributed by atoms with Gasteiger partial charge >= 0.3 is 0 Å². The van der Waals surface area contributed by atoms with E-state index in [1.807, 2.05) is 4.90 Å². The van der Waals surface area contributed by atoms with Crippen molar-refractivity contribution in [2.45, 2.75) is 25.8 Å². The Hall–Kier alpha value is -4.15. The number of carbonyl (C=O) groups excluding carboxylic acids is 1. The molecule has 2 aliphatic heterocycles. The summed E-state index contributed by atoms with van der Waals surface area (Å²) in [6, 6.07) is 9.88. The number of carbonyl (C=O) groups is 1. The minimum atomic E-state index is -0.516. The van der Waals surface area contributed by atoms with Crippen LogP contribution < -0.4 is 10.2 Å². The summed E-state index contributed by atoms with van der Waals surface area (Å²) in [6.07, 6.45) is 4.66. The molecule has 0 unspecified atom stereocenters. The molecule has 36 heavy (non-hydrogen) atoms. The molecule has 0 bridgehead atoms. The molecule has 1 N–H and O–H groups in total. The average molecular weight is 492 g/mol. The molecule has 11 heteroatoms. The number of aromatic nitrogens is 5. The van der Waals surface area contributed by atoms with Crippen LogP contribution >= 0.6 is 0 Å². The van der Waals surface area contributed by atoms with E-state index < -0.39 is 5.82 Å². The van der Waals surface area contributed by atoms with Crippen molar-refractivity contribution in [3.63, 3.8) is 0 Å². The fourth-order valence-electron chi connectivity index (χ4n) is 4.99. The van der Waals surface area contributed by atoms with Crippen LogP contribution in [0.25, 0.3) is 22.9 Å². The first-order valence-corrected chi connectivity index (χ1v) is 11.8. The number of benzene rings is 1. The summed E-state index contributed by atoms with van der Waals surface area (Å²) in [7, 11) is 0. The molecule has 4 aromatic rings. The van der Waals surface area contributed by atoms with E-state index in [1.54, 1.807) is 35.0 Å². The summed E-state index contributed by atoms with van der Waals surface area (Å²) in [5.74, 6) is -0.325. The number of nitrogens with one attached hydrogen (secondary N) is 1. The summed E-state index contributed by atoms with van der Waals surface area (Å²) < 4.78 is 35.8. The van der Waals surface area contributed by atoms with E-state index in [1.165, 1.54) is 12.3 Å². The van der Waals surface area contributed by atoms with Gasteiger partial charge in [-0.25, -0.2) is 18.7 Å². The molecule has 6 rings (SSSR count). The average Bonchev–Trinajstić information content (AvgIpc) is 3.63. The molecular weight excluding hydrogens is 468 g/mol. The predicted molar refractivity (Wildman–Crippen MR) is 126 cm³/mol. The van der Waals surface area contributed by atoms with Crippen LogP contribution in [0.2, 0.25) is 0 Å². The molecule has 2 saturated heterocycles. The van der Waals surface area contributed by atoms with E-state index in [-0.39, 0.29) is 35.3 Å². The van der Waals surface area contributed by atoms with Crippen LogP contribution in [-0.4, -0.2) is 50.4 Å². The maximum absolute atomic E-state index is 14.8. The Labute approximate surface area is 205 Å². The van der Waals surface area contributed by atoms with Crippen molar-refractivity contribution >= 4 is 11.7 Å². The van der Waals surface area contributed by atoms with Gasteiger partial charge < -0.3 is 14.7 Å². The Balaban J connectivity index is 1.31. The highest BCUT2D eigenvalue weighted by molar-refractivity contribution is 5.79. The van der Waals surface area contributed by atoms with Gasteiger partial charge in [-0.3, -0.25) is 9.48 Å². The van der Waals surface area contributed by atoms with Gasteiger partial charge in [-0.05, 0) is 30.4 Å². The molecule has 0 saturated carbocycles. The Kier molecular flexibility index (Phi) is 5.46. The second-order valence-corrected chi connectivity index (χ2v) is 9.35. The van der Waals surface area contributed by atoms with Gasteiger partial charge in [0.2, 0.25) is 5.91 Å². The Morgan fingerprint density at radius 1 is 1.08 bits per heavy atom. The summed E-state index contributed by atoms with van der Waals surface area (Å²) in [5, 5.41) is 11.5. The SMILES string of the molecule is O=C1CC2(CCN(c3nc(-c4cc(-c5ccon5)n(Cc5ccccc5F)n4)ncc3F)CC2)CN1. The topological polar surface area (TPSA) is 102 Å². The minimum absolute atomic E-state index is 0.0576. The number of piperidine rings is 1. The number of amides is 1. The summed E-state index contributed by atoms with van der Waals surface area (Å²) in [6.45, 7) is 2.01. The van der Waals surface area contributed by atoms with Gasteiger partial charge in [0, 0.05) is 37.7 Å². The maximum atomic E-state index is 14.8. The molecule has 5 heterocycles. The van der Waals surface area contributed by atoms with E-state index in [0.29, 0.717) is 48.7 Å². The lowest BCUT2D eigenvalue weighted by molar-refractivity contribution is -0.119. The molecule has 1 aromatic carbocycles. The third-order valence-electron chi connectivity index (χ3n) is 7.03. The van der Waals surface area contributed by atoms with E-state index in [0.717, 1.165) is 19.0 Å². The third kappa shape index (κ3) is 4.10. The standard InChI is InChI=1S/C25H23F2N7O2/c26-17-4-2-1-3-16(17)14-34-21(19-5-10-36-32-19)11-20(31-34)23-28-13-18(27)24(30-23)33-8-6-25(7-9-33)12-22(35)29-15-25/h1-5,10-11,13H,6-9,12,14-15H2,(H,29,35). The molecule has 0 aliphatic carbocycles. The van der Waals surface area contributed by atoms with Crippen LogP contribution in [0.1, 0.15) is 24.8 Å². The van der Waals surface area contributed by atoms with Crippen LogP contribution in [0.5, 0.6) is 0 Å². The minimum Gasteiger partial charge on any atom is -0.364 e. The van der Waals surface area contributed by atoms with Crippen molar-refractivity contribution in [2.75, 3.05) is 24.5 Å². The van der Waals surface area contributed by atoms with Gasteiger partial charge in [0.05, 0.1) is 18.4 Å². The summed E-state index contributed by atoms with van der Waals surface area (Å²) in [4.78, 5) is 22.3. The van der Waals surface area contributed by atoms with Crippen LogP contribution in [-0.2, 0) is 11.3 Å². The van der Waals surface area contributed by atoms with Crippen molar-refractivity contribution < 1.29 is 18.1 Å². The van der Waals surface area contributed by atoms with Crippen LogP contribution in [0.15, 0.2) is 53.4 Å². The lowest BCUT2D eigenvalue weighted by atomic mass is 9.77. The van der Waals surface area contributed by atoms with Crippen molar-refractivity contribution in [2.24, 2.45) is 5.41 Å².